The van der Waals surface area contributed by atoms with Crippen LogP contribution in [0.1, 0.15) is 20.7 Å². The Labute approximate surface area is 72.8 Å². The van der Waals surface area contributed by atoms with Crippen LogP contribution in [-0.4, -0.2) is 17.3 Å². The summed E-state index contributed by atoms with van der Waals surface area (Å²) >= 11 is 0. The van der Waals surface area contributed by atoms with Gasteiger partial charge in [-0.2, -0.15) is 0 Å². The molecule has 4 heteroatoms. The highest BCUT2D eigenvalue weighted by Gasteiger charge is 2.19. The van der Waals surface area contributed by atoms with Crippen molar-refractivity contribution >= 4 is 18.5 Å². The van der Waals surface area contributed by atoms with Gasteiger partial charge < -0.3 is 5.11 Å². The van der Waals surface area contributed by atoms with Gasteiger partial charge in [0.15, 0.2) is 6.29 Å². The number of fused-ring (bicyclic) bond motifs is 2. The Bertz CT molecular complexity index is 516. The van der Waals surface area contributed by atoms with Crippen LogP contribution < -0.4 is 10.6 Å². The number of carbonyl (C=O) groups is 2. The van der Waals surface area contributed by atoms with Crippen molar-refractivity contribution < 1.29 is 14.7 Å². The second-order valence-corrected chi connectivity index (χ2v) is 2.63. The van der Waals surface area contributed by atoms with Gasteiger partial charge in [-0.15, -0.1) is 0 Å². The lowest BCUT2D eigenvalue weighted by atomic mass is 10.1. The van der Waals surface area contributed by atoms with Crippen molar-refractivity contribution in [2.24, 2.45) is 4.99 Å². The molecule has 0 radical (unpaired) electrons. The Balaban J connectivity index is 2.99. The third kappa shape index (κ3) is 0.885. The minimum absolute atomic E-state index is 0.190. The van der Waals surface area contributed by atoms with E-state index in [0.29, 0.717) is 16.9 Å². The number of rotatable bonds is 1. The van der Waals surface area contributed by atoms with Gasteiger partial charge in [-0.1, -0.05) is 0 Å². The fraction of sp³-hybridized carbons (Fsp3) is 0. The molecule has 0 saturated carbocycles. The molecule has 0 aliphatic carbocycles. The molecule has 1 aromatic rings. The largest absolute Gasteiger partial charge is 0.515 e. The van der Waals surface area contributed by atoms with E-state index >= 15 is 0 Å². The first-order valence-electron chi connectivity index (χ1n) is 3.63. The number of aldehydes is 1. The summed E-state index contributed by atoms with van der Waals surface area (Å²) < 4.78 is 0. The topological polar surface area (TPSA) is 66.7 Å². The van der Waals surface area contributed by atoms with E-state index in [1.54, 1.807) is 6.07 Å². The molecule has 2 bridgehead atoms. The second kappa shape index (κ2) is 2.52. The van der Waals surface area contributed by atoms with Crippen LogP contribution in [-0.2, 0) is 0 Å². The molecule has 1 amide bonds. The number of hydrogen-bond acceptors (Lipinski definition) is 3. The van der Waals surface area contributed by atoms with E-state index in [1.165, 1.54) is 6.07 Å². The Morgan fingerprint density at radius 3 is 2.77 bits per heavy atom. The molecule has 0 aromatic heterocycles. The molecule has 1 aromatic carbocycles. The molecular weight excluding hydrogens is 170 g/mol. The molecule has 1 N–H and O–H groups in total. The second-order valence-electron chi connectivity index (χ2n) is 2.63. The van der Waals surface area contributed by atoms with E-state index in [1.807, 2.05) is 0 Å². The molecule has 2 rings (SSSR count). The minimum atomic E-state index is -0.470. The van der Waals surface area contributed by atoms with Gasteiger partial charge in [0.1, 0.15) is 0 Å². The number of aliphatic hydroxyl groups excluding tert-OH is 1. The zero-order chi connectivity index (χ0) is 9.42. The maximum Gasteiger partial charge on any atom is 0.279 e. The van der Waals surface area contributed by atoms with Gasteiger partial charge in [-0.25, -0.2) is 4.99 Å². The molecule has 0 spiro atoms. The highest BCUT2D eigenvalue weighted by molar-refractivity contribution is 6.04. The monoisotopic (exact) mass is 175 g/mol. The normalized spacial score (nSPS) is 14.5. The molecule has 64 valence electrons. The van der Waals surface area contributed by atoms with Crippen molar-refractivity contribution in [1.29, 1.82) is 0 Å². The Hall–Kier alpha value is -1.97. The van der Waals surface area contributed by atoms with Crippen LogP contribution in [0.4, 0.5) is 0 Å². The van der Waals surface area contributed by atoms with Crippen molar-refractivity contribution in [2.75, 3.05) is 0 Å². The summed E-state index contributed by atoms with van der Waals surface area (Å²) in [5, 5.41) is 9.48. The van der Waals surface area contributed by atoms with Crippen molar-refractivity contribution in [3.05, 3.63) is 33.8 Å². The van der Waals surface area contributed by atoms with Gasteiger partial charge >= 0.3 is 0 Å². The first-order valence-corrected chi connectivity index (χ1v) is 3.63. The van der Waals surface area contributed by atoms with Gasteiger partial charge in [0.25, 0.3) is 5.91 Å². The summed E-state index contributed by atoms with van der Waals surface area (Å²) in [5.41, 5.74) is 0.447. The quantitative estimate of drug-likeness (QED) is 0.589. The van der Waals surface area contributed by atoms with Gasteiger partial charge in [0.2, 0.25) is 0 Å². The van der Waals surface area contributed by atoms with Gasteiger partial charge in [0.05, 0.1) is 22.7 Å². The molecule has 0 atom stereocenters. The highest BCUT2D eigenvalue weighted by Crippen LogP contribution is 2.03. The Morgan fingerprint density at radius 2 is 2.15 bits per heavy atom. The van der Waals surface area contributed by atoms with Crippen LogP contribution in [0.5, 0.6) is 0 Å². The summed E-state index contributed by atoms with van der Waals surface area (Å²) in [7, 11) is 0. The smallest absolute Gasteiger partial charge is 0.279 e. The molecule has 1 aliphatic rings. The number of amides is 1. The van der Waals surface area contributed by atoms with Gasteiger partial charge in [-0.3, -0.25) is 9.59 Å². The number of carbonyl (C=O) groups excluding carboxylic acids is 2. The minimum Gasteiger partial charge on any atom is -0.515 e. The van der Waals surface area contributed by atoms with E-state index in [2.05, 4.69) is 4.99 Å². The molecule has 13 heavy (non-hydrogen) atoms. The average Bonchev–Trinajstić information content (AvgIpc) is 2.36. The van der Waals surface area contributed by atoms with Crippen molar-refractivity contribution in [3.63, 3.8) is 0 Å². The number of nitrogens with zero attached hydrogens (tertiary/aromatic N) is 1. The zero-order valence-electron chi connectivity index (χ0n) is 6.52. The molecule has 1 heterocycles. The molecule has 1 aliphatic heterocycles. The third-order valence-corrected chi connectivity index (χ3v) is 1.95. The maximum atomic E-state index is 11.2. The standard InChI is InChI=1S/C9H5NO3/c11-3-5-1-2-7-6(4-12)8(5)9(13)10-7/h1-4,11H. The van der Waals surface area contributed by atoms with Gasteiger partial charge in [0, 0.05) is 5.22 Å². The zero-order valence-corrected chi connectivity index (χ0v) is 6.52. The number of aliphatic hydroxyl groups is 1. The number of benzene rings is 1. The first kappa shape index (κ1) is 7.67. The summed E-state index contributed by atoms with van der Waals surface area (Å²) in [6, 6.07) is 3.08. The van der Waals surface area contributed by atoms with Crippen LogP contribution in [0.25, 0.3) is 6.26 Å². The van der Waals surface area contributed by atoms with E-state index in [4.69, 9.17) is 5.11 Å². The fourth-order valence-corrected chi connectivity index (χ4v) is 1.35. The summed E-state index contributed by atoms with van der Waals surface area (Å²) in [6.07, 6.45) is 1.37. The van der Waals surface area contributed by atoms with E-state index in [0.717, 1.165) is 6.26 Å². The van der Waals surface area contributed by atoms with Crippen molar-refractivity contribution in [1.82, 2.24) is 0 Å². The Kier molecular flexibility index (Phi) is 1.48. The van der Waals surface area contributed by atoms with Crippen LogP contribution in [0, 0.1) is 0 Å². The third-order valence-electron chi connectivity index (χ3n) is 1.95. The fourth-order valence-electron chi connectivity index (χ4n) is 1.35. The highest BCUT2D eigenvalue weighted by atomic mass is 16.2. The van der Waals surface area contributed by atoms with E-state index < -0.39 is 5.91 Å². The first-order chi connectivity index (χ1) is 6.27. The summed E-state index contributed by atoms with van der Waals surface area (Å²) in [6.45, 7) is 0. The van der Waals surface area contributed by atoms with Crippen LogP contribution >= 0.6 is 0 Å². The van der Waals surface area contributed by atoms with E-state index in [-0.39, 0.29) is 11.1 Å². The lowest BCUT2D eigenvalue weighted by Crippen LogP contribution is -2.17. The van der Waals surface area contributed by atoms with Gasteiger partial charge in [-0.05, 0) is 12.1 Å². The van der Waals surface area contributed by atoms with E-state index in [9.17, 15) is 9.59 Å². The average molecular weight is 175 g/mol. The predicted octanol–water partition coefficient (Wildman–Crippen LogP) is -0.431. The molecule has 0 unspecified atom stereocenters. The van der Waals surface area contributed by atoms with Crippen molar-refractivity contribution in [2.45, 2.75) is 0 Å². The molecule has 0 saturated heterocycles. The Morgan fingerprint density at radius 1 is 1.38 bits per heavy atom. The summed E-state index contributed by atoms with van der Waals surface area (Å²) in [5.74, 6) is -0.470. The SMILES string of the molecule is O=Cc1c2c(=CO)ccc1=NC2=O. The lowest BCUT2D eigenvalue weighted by molar-refractivity contribution is 0.0998. The molecule has 0 fully saturated rings. The summed E-state index contributed by atoms with van der Waals surface area (Å²) in [4.78, 5) is 25.4. The predicted molar refractivity (Wildman–Crippen MR) is 44.0 cm³/mol. The van der Waals surface area contributed by atoms with Crippen LogP contribution in [0.15, 0.2) is 17.1 Å². The molecule has 4 nitrogen and oxygen atoms in total. The number of hydrogen-bond donors (Lipinski definition) is 1. The lowest BCUT2D eigenvalue weighted by Gasteiger charge is -1.92. The van der Waals surface area contributed by atoms with Crippen LogP contribution in [0.3, 0.4) is 0 Å². The van der Waals surface area contributed by atoms with Crippen molar-refractivity contribution in [3.8, 4) is 0 Å². The maximum absolute atomic E-state index is 11.2. The molecular formula is C9H5NO3. The van der Waals surface area contributed by atoms with Crippen LogP contribution in [0.2, 0.25) is 0 Å².